The van der Waals surface area contributed by atoms with Gasteiger partial charge in [-0.1, -0.05) is 19.9 Å². The van der Waals surface area contributed by atoms with Crippen molar-refractivity contribution in [2.24, 2.45) is 5.41 Å². The Hall–Kier alpha value is -0.870. The standard InChI is InChI=1S/C17H27NO2S/c1-17(2)8-10-21-12-16(17)18-9-7-13-5-6-14(19-3)15(11-13)20-4/h5-6,11,16,18H,7-10,12H2,1-4H3. The largest absolute Gasteiger partial charge is 0.493 e. The van der Waals surface area contributed by atoms with E-state index in [1.807, 2.05) is 6.07 Å². The van der Waals surface area contributed by atoms with Crippen LogP contribution in [0.2, 0.25) is 0 Å². The first kappa shape index (κ1) is 16.5. The van der Waals surface area contributed by atoms with Crippen molar-refractivity contribution in [3.8, 4) is 11.5 Å². The summed E-state index contributed by atoms with van der Waals surface area (Å²) in [5.41, 5.74) is 1.68. The van der Waals surface area contributed by atoms with Gasteiger partial charge in [-0.25, -0.2) is 0 Å². The third kappa shape index (κ3) is 4.30. The number of benzene rings is 1. The Kier molecular flexibility index (Phi) is 5.82. The first-order valence-electron chi connectivity index (χ1n) is 7.59. The third-order valence-corrected chi connectivity index (χ3v) is 5.43. The Morgan fingerprint density at radius 1 is 1.24 bits per heavy atom. The van der Waals surface area contributed by atoms with Crippen LogP contribution < -0.4 is 14.8 Å². The number of rotatable bonds is 6. The second-order valence-electron chi connectivity index (χ2n) is 6.26. The van der Waals surface area contributed by atoms with Gasteiger partial charge in [0.25, 0.3) is 0 Å². The van der Waals surface area contributed by atoms with Gasteiger partial charge in [-0.05, 0) is 48.3 Å². The van der Waals surface area contributed by atoms with Gasteiger partial charge < -0.3 is 14.8 Å². The maximum absolute atomic E-state index is 5.36. The maximum Gasteiger partial charge on any atom is 0.160 e. The summed E-state index contributed by atoms with van der Waals surface area (Å²) in [5.74, 6) is 4.11. The topological polar surface area (TPSA) is 30.5 Å². The van der Waals surface area contributed by atoms with Crippen LogP contribution in [0.1, 0.15) is 25.8 Å². The number of nitrogens with one attached hydrogen (secondary N) is 1. The predicted octanol–water partition coefficient (Wildman–Crippen LogP) is 3.37. The number of hydrogen-bond acceptors (Lipinski definition) is 4. The molecule has 1 aliphatic heterocycles. The molecule has 0 aliphatic carbocycles. The Morgan fingerprint density at radius 2 is 2.00 bits per heavy atom. The number of hydrogen-bond donors (Lipinski definition) is 1. The predicted molar refractivity (Wildman–Crippen MR) is 90.8 cm³/mol. The molecule has 0 spiro atoms. The van der Waals surface area contributed by atoms with Crippen molar-refractivity contribution in [1.82, 2.24) is 5.32 Å². The molecule has 1 atom stereocenters. The minimum Gasteiger partial charge on any atom is -0.493 e. The lowest BCUT2D eigenvalue weighted by Crippen LogP contribution is -2.47. The van der Waals surface area contributed by atoms with Crippen LogP contribution in [0.3, 0.4) is 0 Å². The summed E-state index contributed by atoms with van der Waals surface area (Å²) in [6, 6.07) is 6.77. The quantitative estimate of drug-likeness (QED) is 0.873. The van der Waals surface area contributed by atoms with Crippen molar-refractivity contribution in [2.45, 2.75) is 32.7 Å². The number of ether oxygens (including phenoxy) is 2. The molecule has 0 radical (unpaired) electrons. The molecule has 1 aromatic rings. The van der Waals surface area contributed by atoms with Crippen LogP contribution in [0.25, 0.3) is 0 Å². The van der Waals surface area contributed by atoms with Crippen molar-refractivity contribution in [1.29, 1.82) is 0 Å². The highest BCUT2D eigenvalue weighted by Crippen LogP contribution is 2.34. The average Bonchev–Trinajstić information content (AvgIpc) is 2.48. The van der Waals surface area contributed by atoms with Gasteiger partial charge in [0, 0.05) is 11.8 Å². The van der Waals surface area contributed by atoms with Crippen LogP contribution in [0.4, 0.5) is 0 Å². The van der Waals surface area contributed by atoms with E-state index < -0.39 is 0 Å². The summed E-state index contributed by atoms with van der Waals surface area (Å²) in [7, 11) is 3.35. The lowest BCUT2D eigenvalue weighted by atomic mass is 9.82. The van der Waals surface area contributed by atoms with Crippen LogP contribution in [0.15, 0.2) is 18.2 Å². The molecule has 3 nitrogen and oxygen atoms in total. The smallest absolute Gasteiger partial charge is 0.160 e. The van der Waals surface area contributed by atoms with E-state index in [2.05, 4.69) is 43.1 Å². The van der Waals surface area contributed by atoms with E-state index in [0.717, 1.165) is 24.5 Å². The highest BCUT2D eigenvalue weighted by atomic mass is 32.2. The van der Waals surface area contributed by atoms with Crippen molar-refractivity contribution in [3.63, 3.8) is 0 Å². The molecule has 0 saturated carbocycles. The normalized spacial score (nSPS) is 21.0. The zero-order chi connectivity index (χ0) is 15.3. The van der Waals surface area contributed by atoms with Crippen molar-refractivity contribution < 1.29 is 9.47 Å². The molecule has 0 bridgehead atoms. The van der Waals surface area contributed by atoms with E-state index in [0.29, 0.717) is 11.5 Å². The highest BCUT2D eigenvalue weighted by Gasteiger charge is 2.31. The molecule has 1 saturated heterocycles. The van der Waals surface area contributed by atoms with E-state index in [1.165, 1.54) is 23.5 Å². The maximum atomic E-state index is 5.36. The average molecular weight is 309 g/mol. The molecule has 1 aromatic carbocycles. The molecular weight excluding hydrogens is 282 g/mol. The second kappa shape index (κ2) is 7.41. The van der Waals surface area contributed by atoms with Gasteiger partial charge in [0.1, 0.15) is 0 Å². The Morgan fingerprint density at radius 3 is 2.67 bits per heavy atom. The van der Waals surface area contributed by atoms with E-state index >= 15 is 0 Å². The van der Waals surface area contributed by atoms with Crippen LogP contribution in [0, 0.1) is 5.41 Å². The second-order valence-corrected chi connectivity index (χ2v) is 7.41. The number of methoxy groups -OCH3 is 2. The van der Waals surface area contributed by atoms with Gasteiger partial charge in [0.05, 0.1) is 14.2 Å². The van der Waals surface area contributed by atoms with Crippen molar-refractivity contribution in [2.75, 3.05) is 32.3 Å². The minimum atomic E-state index is 0.406. The number of thioether (sulfide) groups is 1. The molecule has 1 fully saturated rings. The molecule has 1 heterocycles. The zero-order valence-electron chi connectivity index (χ0n) is 13.6. The molecule has 1 aliphatic rings. The summed E-state index contributed by atoms with van der Waals surface area (Å²) in [6.07, 6.45) is 2.31. The van der Waals surface area contributed by atoms with Crippen LogP contribution in [0.5, 0.6) is 11.5 Å². The monoisotopic (exact) mass is 309 g/mol. The molecule has 1 unspecified atom stereocenters. The first-order chi connectivity index (χ1) is 10.1. The summed E-state index contributed by atoms with van der Waals surface area (Å²) >= 11 is 2.06. The van der Waals surface area contributed by atoms with Gasteiger partial charge in [0.15, 0.2) is 11.5 Å². The molecule has 1 N–H and O–H groups in total. The summed E-state index contributed by atoms with van der Waals surface area (Å²) in [6.45, 7) is 5.76. The summed E-state index contributed by atoms with van der Waals surface area (Å²) in [5, 5.41) is 3.73. The van der Waals surface area contributed by atoms with Crippen molar-refractivity contribution in [3.05, 3.63) is 23.8 Å². The van der Waals surface area contributed by atoms with Crippen molar-refractivity contribution >= 4 is 11.8 Å². The Balaban J connectivity index is 1.88. The SMILES string of the molecule is COc1ccc(CCNC2CSCCC2(C)C)cc1OC. The molecule has 0 amide bonds. The molecular formula is C17H27NO2S. The summed E-state index contributed by atoms with van der Waals surface area (Å²) < 4.78 is 10.6. The van der Waals surface area contributed by atoms with Gasteiger partial charge in [0.2, 0.25) is 0 Å². The fourth-order valence-corrected chi connectivity index (χ4v) is 4.34. The van der Waals surface area contributed by atoms with Crippen LogP contribution >= 0.6 is 11.8 Å². The summed E-state index contributed by atoms with van der Waals surface area (Å²) in [4.78, 5) is 0. The minimum absolute atomic E-state index is 0.406. The lowest BCUT2D eigenvalue weighted by Gasteiger charge is -2.39. The molecule has 2 rings (SSSR count). The third-order valence-electron chi connectivity index (χ3n) is 4.37. The fourth-order valence-electron chi connectivity index (χ4n) is 2.70. The molecule has 4 heteroatoms. The van der Waals surface area contributed by atoms with Gasteiger partial charge in [-0.15, -0.1) is 0 Å². The van der Waals surface area contributed by atoms with Gasteiger partial charge in [-0.3, -0.25) is 0 Å². The van der Waals surface area contributed by atoms with Gasteiger partial charge >= 0.3 is 0 Å². The van der Waals surface area contributed by atoms with E-state index in [9.17, 15) is 0 Å². The van der Waals surface area contributed by atoms with Crippen LogP contribution in [-0.2, 0) is 6.42 Å². The van der Waals surface area contributed by atoms with E-state index in [1.54, 1.807) is 14.2 Å². The fraction of sp³-hybridized carbons (Fsp3) is 0.647. The molecule has 0 aromatic heterocycles. The zero-order valence-corrected chi connectivity index (χ0v) is 14.4. The highest BCUT2D eigenvalue weighted by molar-refractivity contribution is 7.99. The van der Waals surface area contributed by atoms with E-state index in [4.69, 9.17) is 9.47 Å². The molecule has 118 valence electrons. The lowest BCUT2D eigenvalue weighted by molar-refractivity contribution is 0.247. The Labute approximate surface area is 132 Å². The van der Waals surface area contributed by atoms with Crippen LogP contribution in [-0.4, -0.2) is 38.3 Å². The van der Waals surface area contributed by atoms with Gasteiger partial charge in [-0.2, -0.15) is 11.8 Å². The molecule has 21 heavy (non-hydrogen) atoms. The van der Waals surface area contributed by atoms with E-state index in [-0.39, 0.29) is 0 Å². The first-order valence-corrected chi connectivity index (χ1v) is 8.74. The Bertz CT molecular complexity index is 462.